The summed E-state index contributed by atoms with van der Waals surface area (Å²) in [5.41, 5.74) is 3.08. The van der Waals surface area contributed by atoms with E-state index in [2.05, 4.69) is 56.9 Å². The van der Waals surface area contributed by atoms with Gasteiger partial charge in [0.15, 0.2) is 0 Å². The summed E-state index contributed by atoms with van der Waals surface area (Å²) >= 11 is 0. The van der Waals surface area contributed by atoms with E-state index in [0.29, 0.717) is 18.4 Å². The lowest BCUT2D eigenvalue weighted by Crippen LogP contribution is -2.39. The molecule has 22 heavy (non-hydrogen) atoms. The van der Waals surface area contributed by atoms with E-state index < -0.39 is 0 Å². The van der Waals surface area contributed by atoms with Crippen LogP contribution in [0.15, 0.2) is 24.3 Å². The first-order valence-corrected chi connectivity index (χ1v) is 8.81. The number of nitrogens with zero attached hydrogens (tertiary/aromatic N) is 1. The average Bonchev–Trinajstić information content (AvgIpc) is 2.47. The van der Waals surface area contributed by atoms with E-state index in [0.717, 1.165) is 19.5 Å². The number of aliphatic hydroxyl groups excluding tert-OH is 1. The highest BCUT2D eigenvalue weighted by molar-refractivity contribution is 5.27. The highest BCUT2D eigenvalue weighted by atomic mass is 16.3. The lowest BCUT2D eigenvalue weighted by atomic mass is 9.86. The molecule has 124 valence electrons. The van der Waals surface area contributed by atoms with E-state index >= 15 is 0 Å². The summed E-state index contributed by atoms with van der Waals surface area (Å²) in [5, 5.41) is 9.34. The minimum absolute atomic E-state index is 0.233. The first kappa shape index (κ1) is 17.5. The molecule has 1 aromatic carbocycles. The van der Waals surface area contributed by atoms with Gasteiger partial charge in [-0.1, -0.05) is 52.0 Å². The van der Waals surface area contributed by atoms with E-state index in [1.807, 2.05) is 0 Å². The van der Waals surface area contributed by atoms with E-state index in [1.54, 1.807) is 0 Å². The Kier molecular flexibility index (Phi) is 6.05. The molecule has 2 heteroatoms. The van der Waals surface area contributed by atoms with E-state index in [1.165, 1.54) is 30.5 Å². The largest absolute Gasteiger partial charge is 0.396 e. The third-order valence-corrected chi connectivity index (χ3v) is 4.84. The van der Waals surface area contributed by atoms with Crippen LogP contribution in [0.2, 0.25) is 0 Å². The normalized spacial score (nSPS) is 21.8. The standard InChI is InChI=1S/C20H33NO/c1-16(13-21-11-5-6-18(14-21)15-22)12-17-7-9-19(10-8-17)20(2,3)4/h7-10,16,18,22H,5-6,11-15H2,1-4H3. The van der Waals surface area contributed by atoms with Gasteiger partial charge in [-0.15, -0.1) is 0 Å². The minimum Gasteiger partial charge on any atom is -0.396 e. The van der Waals surface area contributed by atoms with Crippen molar-refractivity contribution in [3.63, 3.8) is 0 Å². The first-order chi connectivity index (χ1) is 10.4. The summed E-state index contributed by atoms with van der Waals surface area (Å²) in [6.07, 6.45) is 3.57. The van der Waals surface area contributed by atoms with Crippen molar-refractivity contribution in [2.45, 2.75) is 52.4 Å². The highest BCUT2D eigenvalue weighted by Gasteiger charge is 2.20. The van der Waals surface area contributed by atoms with Gasteiger partial charge in [-0.05, 0) is 54.2 Å². The predicted molar refractivity (Wildman–Crippen MR) is 94.3 cm³/mol. The lowest BCUT2D eigenvalue weighted by Gasteiger charge is -2.33. The van der Waals surface area contributed by atoms with Gasteiger partial charge in [0.05, 0.1) is 0 Å². The van der Waals surface area contributed by atoms with Gasteiger partial charge in [0.25, 0.3) is 0 Å². The summed E-state index contributed by atoms with van der Waals surface area (Å²) in [7, 11) is 0. The molecule has 1 aliphatic heterocycles. The topological polar surface area (TPSA) is 23.5 Å². The lowest BCUT2D eigenvalue weighted by molar-refractivity contribution is 0.110. The average molecular weight is 303 g/mol. The molecule has 0 aliphatic carbocycles. The smallest absolute Gasteiger partial charge is 0.0471 e. The van der Waals surface area contributed by atoms with Crippen LogP contribution < -0.4 is 0 Å². The van der Waals surface area contributed by atoms with Gasteiger partial charge in [-0.3, -0.25) is 0 Å². The number of hydrogen-bond donors (Lipinski definition) is 1. The van der Waals surface area contributed by atoms with Crippen LogP contribution in [0.5, 0.6) is 0 Å². The van der Waals surface area contributed by atoms with Crippen LogP contribution in [-0.2, 0) is 11.8 Å². The molecule has 2 unspecified atom stereocenters. The Hall–Kier alpha value is -0.860. The van der Waals surface area contributed by atoms with Crippen LogP contribution >= 0.6 is 0 Å². The summed E-state index contributed by atoms with van der Waals surface area (Å²) < 4.78 is 0. The van der Waals surface area contributed by atoms with Crippen LogP contribution in [0.3, 0.4) is 0 Å². The number of likely N-dealkylation sites (tertiary alicyclic amines) is 1. The maximum atomic E-state index is 9.34. The molecule has 0 amide bonds. The van der Waals surface area contributed by atoms with Gasteiger partial charge in [-0.25, -0.2) is 0 Å². The van der Waals surface area contributed by atoms with Crippen LogP contribution in [0.1, 0.15) is 51.7 Å². The highest BCUT2D eigenvalue weighted by Crippen LogP contribution is 2.23. The Morgan fingerprint density at radius 1 is 1.23 bits per heavy atom. The van der Waals surface area contributed by atoms with Gasteiger partial charge < -0.3 is 10.0 Å². The summed E-state index contributed by atoms with van der Waals surface area (Å²) in [4.78, 5) is 2.54. The Morgan fingerprint density at radius 2 is 1.91 bits per heavy atom. The van der Waals surface area contributed by atoms with Crippen LogP contribution in [-0.4, -0.2) is 36.2 Å². The second-order valence-electron chi connectivity index (χ2n) is 8.21. The monoisotopic (exact) mass is 303 g/mol. The van der Waals surface area contributed by atoms with Crippen molar-refractivity contribution < 1.29 is 5.11 Å². The van der Waals surface area contributed by atoms with E-state index in [-0.39, 0.29) is 5.41 Å². The molecular formula is C20H33NO. The molecule has 1 aliphatic rings. The third-order valence-electron chi connectivity index (χ3n) is 4.84. The molecule has 1 heterocycles. The van der Waals surface area contributed by atoms with Crippen molar-refractivity contribution in [2.24, 2.45) is 11.8 Å². The maximum absolute atomic E-state index is 9.34. The van der Waals surface area contributed by atoms with Crippen LogP contribution in [0.4, 0.5) is 0 Å². The minimum atomic E-state index is 0.233. The van der Waals surface area contributed by atoms with Gasteiger partial charge in [0.1, 0.15) is 0 Å². The van der Waals surface area contributed by atoms with E-state index in [4.69, 9.17) is 0 Å². The van der Waals surface area contributed by atoms with Gasteiger partial charge in [0.2, 0.25) is 0 Å². The zero-order chi connectivity index (χ0) is 16.2. The number of rotatable bonds is 5. The van der Waals surface area contributed by atoms with Crippen molar-refractivity contribution >= 4 is 0 Å². The predicted octanol–water partition coefficient (Wildman–Crippen LogP) is 3.87. The van der Waals surface area contributed by atoms with Crippen LogP contribution in [0.25, 0.3) is 0 Å². The van der Waals surface area contributed by atoms with Crippen molar-refractivity contribution in [3.05, 3.63) is 35.4 Å². The molecule has 0 saturated carbocycles. The number of aliphatic hydroxyl groups is 1. The van der Waals surface area contributed by atoms with Crippen molar-refractivity contribution in [2.75, 3.05) is 26.2 Å². The summed E-state index contributed by atoms with van der Waals surface area (Å²) in [6.45, 7) is 12.9. The molecule has 0 aromatic heterocycles. The fourth-order valence-electron chi connectivity index (χ4n) is 3.51. The van der Waals surface area contributed by atoms with E-state index in [9.17, 15) is 5.11 Å². The van der Waals surface area contributed by atoms with Crippen molar-refractivity contribution in [3.8, 4) is 0 Å². The Balaban J connectivity index is 1.85. The Morgan fingerprint density at radius 3 is 2.50 bits per heavy atom. The fourth-order valence-corrected chi connectivity index (χ4v) is 3.51. The molecule has 0 radical (unpaired) electrons. The Bertz CT molecular complexity index is 446. The Labute approximate surface area is 136 Å². The molecule has 2 atom stereocenters. The maximum Gasteiger partial charge on any atom is 0.0471 e. The second-order valence-corrected chi connectivity index (χ2v) is 8.21. The molecular weight excluding hydrogens is 270 g/mol. The zero-order valence-electron chi connectivity index (χ0n) is 14.8. The molecule has 0 spiro atoms. The second kappa shape index (κ2) is 7.61. The molecule has 2 nitrogen and oxygen atoms in total. The summed E-state index contributed by atoms with van der Waals surface area (Å²) in [6, 6.07) is 9.16. The van der Waals surface area contributed by atoms with Crippen molar-refractivity contribution in [1.82, 2.24) is 4.90 Å². The third kappa shape index (κ3) is 5.10. The van der Waals surface area contributed by atoms with Gasteiger partial charge in [0, 0.05) is 19.7 Å². The zero-order valence-corrected chi connectivity index (χ0v) is 14.8. The first-order valence-electron chi connectivity index (χ1n) is 8.81. The quantitative estimate of drug-likeness (QED) is 0.892. The van der Waals surface area contributed by atoms with Gasteiger partial charge >= 0.3 is 0 Å². The van der Waals surface area contributed by atoms with Crippen LogP contribution in [0, 0.1) is 11.8 Å². The number of benzene rings is 1. The molecule has 0 bridgehead atoms. The molecule has 1 N–H and O–H groups in total. The fraction of sp³-hybridized carbons (Fsp3) is 0.700. The molecule has 1 fully saturated rings. The number of piperidine rings is 1. The van der Waals surface area contributed by atoms with Gasteiger partial charge in [-0.2, -0.15) is 0 Å². The summed E-state index contributed by atoms with van der Waals surface area (Å²) in [5.74, 6) is 1.16. The molecule has 1 aromatic rings. The SMILES string of the molecule is CC(Cc1ccc(C(C)(C)C)cc1)CN1CCCC(CO)C1. The molecule has 1 saturated heterocycles. The molecule has 2 rings (SSSR count). The van der Waals surface area contributed by atoms with Crippen molar-refractivity contribution in [1.29, 1.82) is 0 Å². The number of hydrogen-bond acceptors (Lipinski definition) is 2.